The molecule has 0 aromatic carbocycles. The van der Waals surface area contributed by atoms with E-state index in [2.05, 4.69) is 5.10 Å². The van der Waals surface area contributed by atoms with E-state index in [4.69, 9.17) is 9.52 Å². The molecule has 1 N–H and O–H groups in total. The highest BCUT2D eigenvalue weighted by Crippen LogP contribution is 2.15. The van der Waals surface area contributed by atoms with Crippen LogP contribution in [-0.4, -0.2) is 26.8 Å². The van der Waals surface area contributed by atoms with Crippen molar-refractivity contribution in [3.8, 4) is 0 Å². The van der Waals surface area contributed by atoms with Crippen molar-refractivity contribution < 1.29 is 19.1 Å². The number of rotatable bonds is 2. The molecule has 0 bridgehead atoms. The topological polar surface area (TPSA) is 85.3 Å². The van der Waals surface area contributed by atoms with Crippen LogP contribution in [0.25, 0.3) is 0 Å². The van der Waals surface area contributed by atoms with Gasteiger partial charge in [0.05, 0.1) is 5.56 Å². The normalized spacial score (nSPS) is 10.5. The van der Waals surface area contributed by atoms with Gasteiger partial charge in [-0.05, 0) is 26.0 Å². The molecule has 0 unspecified atom stereocenters. The van der Waals surface area contributed by atoms with Crippen LogP contribution in [0.5, 0.6) is 0 Å². The fraction of sp³-hybridized carbons (Fsp3) is 0.182. The van der Waals surface area contributed by atoms with E-state index >= 15 is 0 Å². The van der Waals surface area contributed by atoms with E-state index in [0.717, 1.165) is 4.68 Å². The lowest BCUT2D eigenvalue weighted by molar-refractivity contribution is 0.0689. The maximum Gasteiger partial charge on any atom is 0.356 e. The van der Waals surface area contributed by atoms with Crippen LogP contribution in [0.3, 0.4) is 0 Å². The predicted octanol–water partition coefficient (Wildman–Crippen LogP) is 1.48. The molecule has 0 spiro atoms. The maximum absolute atomic E-state index is 12.0. The van der Waals surface area contributed by atoms with Gasteiger partial charge < -0.3 is 9.52 Å². The van der Waals surface area contributed by atoms with Gasteiger partial charge in [0.1, 0.15) is 11.5 Å². The first-order chi connectivity index (χ1) is 7.99. The summed E-state index contributed by atoms with van der Waals surface area (Å²) in [5, 5.41) is 12.4. The monoisotopic (exact) mass is 234 g/mol. The van der Waals surface area contributed by atoms with Crippen molar-refractivity contribution in [2.24, 2.45) is 0 Å². The van der Waals surface area contributed by atoms with Crippen molar-refractivity contribution in [2.45, 2.75) is 13.8 Å². The highest BCUT2D eigenvalue weighted by molar-refractivity contribution is 5.97. The Bertz CT molecular complexity index is 594. The van der Waals surface area contributed by atoms with Crippen LogP contribution in [0, 0.1) is 13.8 Å². The number of furan rings is 1. The van der Waals surface area contributed by atoms with Gasteiger partial charge in [-0.3, -0.25) is 4.79 Å². The summed E-state index contributed by atoms with van der Waals surface area (Å²) in [4.78, 5) is 22.6. The van der Waals surface area contributed by atoms with Gasteiger partial charge >= 0.3 is 5.97 Å². The van der Waals surface area contributed by atoms with Crippen molar-refractivity contribution in [1.29, 1.82) is 0 Å². The van der Waals surface area contributed by atoms with Gasteiger partial charge in [0.15, 0.2) is 5.69 Å². The van der Waals surface area contributed by atoms with E-state index in [1.165, 1.54) is 12.3 Å². The first kappa shape index (κ1) is 11.1. The quantitative estimate of drug-likeness (QED) is 0.850. The molecule has 0 saturated carbocycles. The van der Waals surface area contributed by atoms with Crippen LogP contribution in [0.2, 0.25) is 0 Å². The smallest absolute Gasteiger partial charge is 0.356 e. The zero-order chi connectivity index (χ0) is 12.6. The molecule has 0 aliphatic carbocycles. The molecule has 0 atom stereocenters. The van der Waals surface area contributed by atoms with Gasteiger partial charge in [-0.2, -0.15) is 5.10 Å². The lowest BCUT2D eigenvalue weighted by Gasteiger charge is -1.97. The number of carboxylic acids is 1. The first-order valence-electron chi connectivity index (χ1n) is 4.89. The van der Waals surface area contributed by atoms with Crippen molar-refractivity contribution >= 4 is 11.9 Å². The number of aryl methyl sites for hydroxylation is 2. The summed E-state index contributed by atoms with van der Waals surface area (Å²) in [6, 6.07) is 2.86. The molecule has 88 valence electrons. The standard InChI is InChI=1S/C11H10N2O4/c1-6-5-8(7(2)17-6)10(14)13-4-3-9(12-13)11(15)16/h3-5H,1-2H3,(H,15,16). The summed E-state index contributed by atoms with van der Waals surface area (Å²) >= 11 is 0. The summed E-state index contributed by atoms with van der Waals surface area (Å²) in [6.45, 7) is 3.40. The molecule has 2 aromatic heterocycles. The van der Waals surface area contributed by atoms with Crippen molar-refractivity contribution in [3.63, 3.8) is 0 Å². The molecule has 0 aliphatic rings. The van der Waals surface area contributed by atoms with Gasteiger partial charge in [-0.25, -0.2) is 9.48 Å². The molecule has 0 amide bonds. The fourth-order valence-corrected chi connectivity index (χ4v) is 1.52. The van der Waals surface area contributed by atoms with E-state index in [1.807, 2.05) is 0 Å². The minimum absolute atomic E-state index is 0.170. The Morgan fingerprint density at radius 2 is 2.12 bits per heavy atom. The molecule has 0 aliphatic heterocycles. The van der Waals surface area contributed by atoms with Crippen LogP contribution in [0.4, 0.5) is 0 Å². The van der Waals surface area contributed by atoms with Crippen LogP contribution >= 0.6 is 0 Å². The van der Waals surface area contributed by atoms with Gasteiger partial charge in [-0.1, -0.05) is 0 Å². The second kappa shape index (κ2) is 3.89. The molecule has 6 nitrogen and oxygen atoms in total. The lowest BCUT2D eigenvalue weighted by atomic mass is 10.2. The maximum atomic E-state index is 12.0. The largest absolute Gasteiger partial charge is 0.476 e. The van der Waals surface area contributed by atoms with Crippen LogP contribution < -0.4 is 0 Å². The van der Waals surface area contributed by atoms with E-state index < -0.39 is 11.9 Å². The zero-order valence-corrected chi connectivity index (χ0v) is 9.30. The lowest BCUT2D eigenvalue weighted by Crippen LogP contribution is -2.14. The summed E-state index contributed by atoms with van der Waals surface area (Å²) in [5.41, 5.74) is 0.207. The first-order valence-corrected chi connectivity index (χ1v) is 4.89. The average molecular weight is 234 g/mol. The predicted molar refractivity (Wildman–Crippen MR) is 57.1 cm³/mol. The number of carbonyl (C=O) groups excluding carboxylic acids is 1. The number of carbonyl (C=O) groups is 2. The Kier molecular flexibility index (Phi) is 2.55. The molecule has 2 heterocycles. The Labute approximate surface area is 96.5 Å². The van der Waals surface area contributed by atoms with E-state index in [9.17, 15) is 9.59 Å². The van der Waals surface area contributed by atoms with Gasteiger partial charge in [0.2, 0.25) is 0 Å². The number of hydrogen-bond donors (Lipinski definition) is 1. The highest BCUT2D eigenvalue weighted by Gasteiger charge is 2.17. The van der Waals surface area contributed by atoms with Gasteiger partial charge in [0.25, 0.3) is 5.91 Å². The SMILES string of the molecule is Cc1cc(C(=O)n2ccc(C(=O)O)n2)c(C)o1. The minimum atomic E-state index is -1.17. The summed E-state index contributed by atoms with van der Waals surface area (Å²) in [7, 11) is 0. The third-order valence-corrected chi connectivity index (χ3v) is 2.29. The number of nitrogens with zero attached hydrogens (tertiary/aromatic N) is 2. The Morgan fingerprint density at radius 3 is 2.59 bits per heavy atom. The van der Waals surface area contributed by atoms with E-state index in [-0.39, 0.29) is 5.69 Å². The Hall–Kier alpha value is -2.37. The minimum Gasteiger partial charge on any atom is -0.476 e. The Morgan fingerprint density at radius 1 is 1.41 bits per heavy atom. The second-order valence-corrected chi connectivity index (χ2v) is 3.58. The third-order valence-electron chi connectivity index (χ3n) is 2.29. The molecule has 0 radical (unpaired) electrons. The number of carboxylic acid groups (broad SMARTS) is 1. The van der Waals surface area contributed by atoms with E-state index in [0.29, 0.717) is 17.1 Å². The molecule has 6 heteroatoms. The Balaban J connectivity index is 2.37. The number of aromatic carboxylic acids is 1. The summed E-state index contributed by atoms with van der Waals surface area (Å²) in [6.07, 6.45) is 1.31. The van der Waals surface area contributed by atoms with Gasteiger partial charge in [0, 0.05) is 6.20 Å². The summed E-state index contributed by atoms with van der Waals surface area (Å²) in [5.74, 6) is -0.472. The molecule has 0 fully saturated rings. The molecular weight excluding hydrogens is 224 g/mol. The fourth-order valence-electron chi connectivity index (χ4n) is 1.52. The van der Waals surface area contributed by atoms with Crippen LogP contribution in [0.15, 0.2) is 22.7 Å². The van der Waals surface area contributed by atoms with Gasteiger partial charge in [-0.15, -0.1) is 0 Å². The molecule has 0 saturated heterocycles. The average Bonchev–Trinajstić information content (AvgIpc) is 2.84. The van der Waals surface area contributed by atoms with Crippen molar-refractivity contribution in [2.75, 3.05) is 0 Å². The van der Waals surface area contributed by atoms with Crippen molar-refractivity contribution in [1.82, 2.24) is 9.78 Å². The van der Waals surface area contributed by atoms with E-state index in [1.54, 1.807) is 19.9 Å². The van der Waals surface area contributed by atoms with Crippen LogP contribution in [0.1, 0.15) is 32.4 Å². The molecule has 2 aromatic rings. The van der Waals surface area contributed by atoms with Crippen molar-refractivity contribution in [3.05, 3.63) is 41.1 Å². The molecular formula is C11H10N2O4. The molecule has 2 rings (SSSR count). The zero-order valence-electron chi connectivity index (χ0n) is 9.30. The number of aromatic nitrogens is 2. The highest BCUT2D eigenvalue weighted by atomic mass is 16.4. The number of hydrogen-bond acceptors (Lipinski definition) is 4. The second-order valence-electron chi connectivity index (χ2n) is 3.58. The summed E-state index contributed by atoms with van der Waals surface area (Å²) < 4.78 is 6.22. The molecule has 17 heavy (non-hydrogen) atoms. The third kappa shape index (κ3) is 1.96. The van der Waals surface area contributed by atoms with Crippen LogP contribution in [-0.2, 0) is 0 Å².